The van der Waals surface area contributed by atoms with Gasteiger partial charge in [-0.05, 0) is 30.5 Å². The number of nitrogens with one attached hydrogen (secondary N) is 2. The van der Waals surface area contributed by atoms with Crippen LogP contribution in [-0.4, -0.2) is 25.5 Å². The van der Waals surface area contributed by atoms with E-state index >= 15 is 0 Å². The van der Waals surface area contributed by atoms with Gasteiger partial charge >= 0.3 is 0 Å². The van der Waals surface area contributed by atoms with E-state index in [2.05, 4.69) is 39.9 Å². The number of halogens is 1. The Kier molecular flexibility index (Phi) is 7.07. The summed E-state index contributed by atoms with van der Waals surface area (Å²) in [6.07, 6.45) is 3.62. The van der Waals surface area contributed by atoms with Gasteiger partial charge in [-0.2, -0.15) is 0 Å². The monoisotopic (exact) mass is 468 g/mol. The van der Waals surface area contributed by atoms with Crippen LogP contribution < -0.4 is 16.4 Å². The maximum atomic E-state index is 11.1. The smallest absolute Gasteiger partial charge is 0.284 e. The number of benzene rings is 1. The predicted octanol–water partition coefficient (Wildman–Crippen LogP) is 2.78. The average molecular weight is 468 g/mol. The summed E-state index contributed by atoms with van der Waals surface area (Å²) in [7, 11) is 1.74. The van der Waals surface area contributed by atoms with Gasteiger partial charge in [-0.15, -0.1) is 24.0 Å². The lowest BCUT2D eigenvalue weighted by atomic mass is 9.64. The maximum absolute atomic E-state index is 11.1. The van der Waals surface area contributed by atoms with Crippen molar-refractivity contribution in [3.8, 4) is 0 Å². The predicted molar refractivity (Wildman–Crippen MR) is 113 cm³/mol. The summed E-state index contributed by atoms with van der Waals surface area (Å²) in [6.45, 7) is 1.27. The molecule has 2 aromatic rings. The maximum Gasteiger partial charge on any atom is 0.284 e. The van der Waals surface area contributed by atoms with Gasteiger partial charge in [0.05, 0.1) is 6.54 Å². The van der Waals surface area contributed by atoms with E-state index in [1.54, 1.807) is 19.2 Å². The molecule has 1 amide bonds. The molecule has 0 atom stereocenters. The van der Waals surface area contributed by atoms with Gasteiger partial charge in [-0.25, -0.2) is 0 Å². The third-order valence-electron chi connectivity index (χ3n) is 4.85. The van der Waals surface area contributed by atoms with Crippen LogP contribution >= 0.6 is 24.0 Å². The third-order valence-corrected chi connectivity index (χ3v) is 4.85. The lowest BCUT2D eigenvalue weighted by Crippen LogP contribution is -2.48. The Labute approximate surface area is 170 Å². The van der Waals surface area contributed by atoms with Gasteiger partial charge < -0.3 is 20.8 Å². The van der Waals surface area contributed by atoms with Crippen molar-refractivity contribution in [3.05, 3.63) is 59.5 Å². The molecule has 1 fully saturated rings. The number of carbonyl (C=O) groups is 1. The highest BCUT2D eigenvalue weighted by molar-refractivity contribution is 14.0. The molecule has 26 heavy (non-hydrogen) atoms. The second-order valence-corrected chi connectivity index (χ2v) is 6.41. The quantitative estimate of drug-likeness (QED) is 0.346. The standard InChI is InChI=1S/C19H24N4O2.HI/c1-21-18(22-12-15-8-9-16(25-15)17(20)24)23-13-19(10-5-11-19)14-6-3-2-4-7-14;/h2-4,6-9H,5,10-13H2,1H3,(H2,20,24)(H2,21,22,23);1H. The highest BCUT2D eigenvalue weighted by Gasteiger charge is 2.38. The molecule has 1 heterocycles. The molecule has 1 aliphatic rings. The Bertz CT molecular complexity index is 754. The van der Waals surface area contributed by atoms with Crippen molar-refractivity contribution in [2.45, 2.75) is 31.2 Å². The minimum Gasteiger partial charge on any atom is -0.454 e. The van der Waals surface area contributed by atoms with Crippen molar-refractivity contribution < 1.29 is 9.21 Å². The Morgan fingerprint density at radius 2 is 1.92 bits per heavy atom. The first kappa shape index (κ1) is 20.3. The van der Waals surface area contributed by atoms with Gasteiger partial charge in [0.1, 0.15) is 5.76 Å². The molecule has 1 aromatic heterocycles. The van der Waals surface area contributed by atoms with Crippen molar-refractivity contribution in [2.24, 2.45) is 10.7 Å². The highest BCUT2D eigenvalue weighted by atomic mass is 127. The summed E-state index contributed by atoms with van der Waals surface area (Å²) < 4.78 is 5.37. The molecular formula is C19H25IN4O2. The SMILES string of the molecule is CN=C(NCc1ccc(C(N)=O)o1)NCC1(c2ccccc2)CCC1.I. The first-order valence-electron chi connectivity index (χ1n) is 8.51. The van der Waals surface area contributed by atoms with Gasteiger partial charge in [0.2, 0.25) is 0 Å². The van der Waals surface area contributed by atoms with Crippen LogP contribution in [0.5, 0.6) is 0 Å². The molecule has 0 bridgehead atoms. The summed E-state index contributed by atoms with van der Waals surface area (Å²) in [5.74, 6) is 0.943. The second-order valence-electron chi connectivity index (χ2n) is 6.41. The van der Waals surface area contributed by atoms with Crippen LogP contribution in [0.1, 0.15) is 41.1 Å². The van der Waals surface area contributed by atoms with Gasteiger partial charge in [-0.3, -0.25) is 9.79 Å². The van der Waals surface area contributed by atoms with Crippen molar-refractivity contribution in [3.63, 3.8) is 0 Å². The number of primary amides is 1. The van der Waals surface area contributed by atoms with Gasteiger partial charge in [0.25, 0.3) is 5.91 Å². The average Bonchev–Trinajstić information content (AvgIpc) is 3.07. The molecule has 7 heteroatoms. The summed E-state index contributed by atoms with van der Waals surface area (Å²) in [5, 5.41) is 6.62. The number of hydrogen-bond donors (Lipinski definition) is 3. The number of furan rings is 1. The molecule has 140 valence electrons. The molecule has 6 nitrogen and oxygen atoms in total. The lowest BCUT2D eigenvalue weighted by molar-refractivity contribution is 0.0972. The molecule has 0 radical (unpaired) electrons. The molecule has 1 aromatic carbocycles. The van der Waals surface area contributed by atoms with Crippen LogP contribution in [0.4, 0.5) is 0 Å². The molecule has 0 unspecified atom stereocenters. The van der Waals surface area contributed by atoms with E-state index in [1.165, 1.54) is 24.8 Å². The molecular weight excluding hydrogens is 443 g/mol. The fourth-order valence-electron chi connectivity index (χ4n) is 3.21. The Morgan fingerprint density at radius 3 is 2.46 bits per heavy atom. The lowest BCUT2D eigenvalue weighted by Gasteiger charge is -2.43. The number of nitrogens with two attached hydrogens (primary N) is 1. The van der Waals surface area contributed by atoms with E-state index in [0.717, 1.165) is 6.54 Å². The van der Waals surface area contributed by atoms with E-state index in [9.17, 15) is 4.79 Å². The molecule has 0 saturated heterocycles. The van der Waals surface area contributed by atoms with Crippen LogP contribution in [0.3, 0.4) is 0 Å². The molecule has 1 aliphatic carbocycles. The zero-order valence-corrected chi connectivity index (χ0v) is 17.2. The highest BCUT2D eigenvalue weighted by Crippen LogP contribution is 2.43. The van der Waals surface area contributed by atoms with E-state index in [-0.39, 0.29) is 35.2 Å². The number of guanidine groups is 1. The first-order valence-corrected chi connectivity index (χ1v) is 8.51. The number of aliphatic imine (C=N–C) groups is 1. The summed E-state index contributed by atoms with van der Waals surface area (Å²) in [6, 6.07) is 13.9. The molecule has 0 aliphatic heterocycles. The van der Waals surface area contributed by atoms with Crippen molar-refractivity contribution in [1.82, 2.24) is 10.6 Å². The summed E-state index contributed by atoms with van der Waals surface area (Å²) >= 11 is 0. The molecule has 0 spiro atoms. The minimum absolute atomic E-state index is 0. The molecule has 3 rings (SSSR count). The van der Waals surface area contributed by atoms with Crippen molar-refractivity contribution in [2.75, 3.05) is 13.6 Å². The normalized spacial score (nSPS) is 15.5. The Balaban J connectivity index is 0.00000243. The summed E-state index contributed by atoms with van der Waals surface area (Å²) in [4.78, 5) is 15.3. The van der Waals surface area contributed by atoms with Crippen LogP contribution in [0, 0.1) is 0 Å². The fourth-order valence-corrected chi connectivity index (χ4v) is 3.21. The fraction of sp³-hybridized carbons (Fsp3) is 0.368. The van der Waals surface area contributed by atoms with Crippen LogP contribution in [-0.2, 0) is 12.0 Å². The van der Waals surface area contributed by atoms with E-state index in [0.29, 0.717) is 18.3 Å². The van der Waals surface area contributed by atoms with E-state index < -0.39 is 5.91 Å². The van der Waals surface area contributed by atoms with Crippen LogP contribution in [0.25, 0.3) is 0 Å². The Morgan fingerprint density at radius 1 is 1.19 bits per heavy atom. The first-order chi connectivity index (χ1) is 12.1. The zero-order chi connectivity index (χ0) is 17.7. The third kappa shape index (κ3) is 4.57. The molecule has 4 N–H and O–H groups in total. The second kappa shape index (κ2) is 9.07. The summed E-state index contributed by atoms with van der Waals surface area (Å²) in [5.41, 5.74) is 6.75. The number of amides is 1. The van der Waals surface area contributed by atoms with E-state index in [4.69, 9.17) is 10.2 Å². The zero-order valence-electron chi connectivity index (χ0n) is 14.8. The van der Waals surface area contributed by atoms with Crippen molar-refractivity contribution in [1.29, 1.82) is 0 Å². The van der Waals surface area contributed by atoms with E-state index in [1.807, 2.05) is 6.07 Å². The topological polar surface area (TPSA) is 92.6 Å². The van der Waals surface area contributed by atoms with Gasteiger partial charge in [0.15, 0.2) is 11.7 Å². The Hall–Kier alpha value is -2.03. The van der Waals surface area contributed by atoms with Crippen LogP contribution in [0.2, 0.25) is 0 Å². The minimum atomic E-state index is -0.566. The number of rotatable bonds is 6. The van der Waals surface area contributed by atoms with Gasteiger partial charge in [-0.1, -0.05) is 36.8 Å². The van der Waals surface area contributed by atoms with Crippen LogP contribution in [0.15, 0.2) is 51.9 Å². The number of carbonyl (C=O) groups excluding carboxylic acids is 1. The number of nitrogens with zero attached hydrogens (tertiary/aromatic N) is 1. The number of hydrogen-bond acceptors (Lipinski definition) is 3. The largest absolute Gasteiger partial charge is 0.454 e. The van der Waals surface area contributed by atoms with Gasteiger partial charge in [0, 0.05) is 19.0 Å². The molecule has 1 saturated carbocycles. The van der Waals surface area contributed by atoms with Crippen molar-refractivity contribution >= 4 is 35.8 Å².